The topological polar surface area (TPSA) is 91.4 Å². The summed E-state index contributed by atoms with van der Waals surface area (Å²) in [5.41, 5.74) is 1.87. The molecule has 0 radical (unpaired) electrons. The second-order valence-corrected chi connectivity index (χ2v) is 10.6. The summed E-state index contributed by atoms with van der Waals surface area (Å²) in [6.07, 6.45) is 1.71. The van der Waals surface area contributed by atoms with Gasteiger partial charge in [0.15, 0.2) is 5.13 Å². The molecule has 1 saturated heterocycles. The van der Waals surface area contributed by atoms with E-state index in [-0.39, 0.29) is 30.7 Å². The van der Waals surface area contributed by atoms with Crippen LogP contribution in [0, 0.1) is 5.92 Å². The second-order valence-electron chi connectivity index (χ2n) is 7.67. The highest BCUT2D eigenvalue weighted by molar-refractivity contribution is 7.89. The molecule has 0 bridgehead atoms. The van der Waals surface area contributed by atoms with E-state index in [9.17, 15) is 13.2 Å². The summed E-state index contributed by atoms with van der Waals surface area (Å²) in [5.74, 6) is -0.398. The minimum absolute atomic E-state index is 0.0935. The molecule has 3 aromatic rings. The van der Waals surface area contributed by atoms with Gasteiger partial charge in [0.2, 0.25) is 15.9 Å². The number of carbonyl (C=O) groups excluding carboxylic acids is 1. The number of nitrogens with zero attached hydrogens (tertiary/aromatic N) is 2. The van der Waals surface area contributed by atoms with Crippen LogP contribution < -0.4 is 14.9 Å². The Morgan fingerprint density at radius 1 is 1.13 bits per heavy atom. The summed E-state index contributed by atoms with van der Waals surface area (Å²) in [6.45, 7) is 1.82. The summed E-state index contributed by atoms with van der Waals surface area (Å²) in [4.78, 5) is 19.5. The summed E-state index contributed by atoms with van der Waals surface area (Å²) < 4.78 is 28.1. The van der Waals surface area contributed by atoms with Gasteiger partial charge in [0.1, 0.15) is 0 Å². The Kier molecular flexibility index (Phi) is 6.84. The van der Waals surface area contributed by atoms with Crippen molar-refractivity contribution < 1.29 is 13.2 Å². The minimum Gasteiger partial charge on any atom is -0.355 e. The van der Waals surface area contributed by atoms with Crippen molar-refractivity contribution in [3.63, 3.8) is 0 Å². The van der Waals surface area contributed by atoms with Crippen molar-refractivity contribution in [2.24, 2.45) is 5.92 Å². The van der Waals surface area contributed by atoms with Crippen LogP contribution in [0.3, 0.4) is 0 Å². The van der Waals surface area contributed by atoms with Gasteiger partial charge in [-0.3, -0.25) is 4.79 Å². The van der Waals surface area contributed by atoms with Crippen molar-refractivity contribution in [1.29, 1.82) is 0 Å². The Bertz CT molecular complexity index is 1100. The van der Waals surface area contributed by atoms with Gasteiger partial charge in [-0.2, -0.15) is 0 Å². The zero-order valence-electron chi connectivity index (χ0n) is 17.2. The fourth-order valence-corrected chi connectivity index (χ4v) is 5.58. The van der Waals surface area contributed by atoms with Gasteiger partial charge in [-0.1, -0.05) is 53.8 Å². The first-order valence-corrected chi connectivity index (χ1v) is 12.9. The van der Waals surface area contributed by atoms with Crippen LogP contribution >= 0.6 is 11.3 Å². The van der Waals surface area contributed by atoms with E-state index in [0.29, 0.717) is 6.54 Å². The fraction of sp³-hybridized carbons (Fsp3) is 0.364. The van der Waals surface area contributed by atoms with Crippen molar-refractivity contribution in [3.8, 4) is 0 Å². The average molecular weight is 459 g/mol. The molecule has 2 N–H and O–H groups in total. The highest BCUT2D eigenvalue weighted by Crippen LogP contribution is 2.31. The van der Waals surface area contributed by atoms with Gasteiger partial charge in [0, 0.05) is 26.2 Å². The smallest absolute Gasteiger partial charge is 0.224 e. The minimum atomic E-state index is -3.46. The molecule has 7 nitrogen and oxygen atoms in total. The number of benzene rings is 2. The third-order valence-electron chi connectivity index (χ3n) is 5.35. The van der Waals surface area contributed by atoms with E-state index in [1.54, 1.807) is 11.3 Å². The second kappa shape index (κ2) is 9.76. The van der Waals surface area contributed by atoms with Crippen LogP contribution in [0.25, 0.3) is 10.2 Å². The van der Waals surface area contributed by atoms with E-state index in [4.69, 9.17) is 4.98 Å². The van der Waals surface area contributed by atoms with E-state index in [0.717, 1.165) is 40.3 Å². The molecular formula is C22H26N4O3S2. The zero-order valence-corrected chi connectivity index (χ0v) is 18.8. The standard InChI is InChI=1S/C22H26N4O3S2/c27-21(23-12-14-31(28,29)24-15-17-7-2-1-3-8-17)18-9-6-13-26(16-18)22-25-19-10-4-5-11-20(19)30-22/h1-5,7-8,10-11,18,24H,6,9,12-16H2,(H,23,27). The molecule has 1 atom stereocenters. The molecule has 0 spiro atoms. The van der Waals surface area contributed by atoms with Crippen LogP contribution in [-0.4, -0.2) is 44.7 Å². The number of aromatic nitrogens is 1. The molecule has 164 valence electrons. The number of thiazole rings is 1. The average Bonchev–Trinajstić information content (AvgIpc) is 3.23. The lowest BCUT2D eigenvalue weighted by Crippen LogP contribution is -2.44. The first-order chi connectivity index (χ1) is 15.0. The predicted molar refractivity (Wildman–Crippen MR) is 125 cm³/mol. The summed E-state index contributed by atoms with van der Waals surface area (Å²) in [5, 5.41) is 3.74. The van der Waals surface area contributed by atoms with E-state index >= 15 is 0 Å². The molecule has 2 heterocycles. The van der Waals surface area contributed by atoms with E-state index in [2.05, 4.69) is 21.0 Å². The van der Waals surface area contributed by atoms with Crippen LogP contribution in [0.5, 0.6) is 0 Å². The first kappa shape index (κ1) is 21.7. The Morgan fingerprint density at radius 3 is 2.71 bits per heavy atom. The number of hydrogen-bond acceptors (Lipinski definition) is 6. The monoisotopic (exact) mass is 458 g/mol. The first-order valence-electron chi connectivity index (χ1n) is 10.4. The zero-order chi connectivity index (χ0) is 21.7. The number of nitrogens with one attached hydrogen (secondary N) is 2. The van der Waals surface area contributed by atoms with Gasteiger partial charge in [-0.15, -0.1) is 0 Å². The number of hydrogen-bond donors (Lipinski definition) is 2. The molecule has 0 aliphatic carbocycles. The molecule has 31 heavy (non-hydrogen) atoms. The molecular weight excluding hydrogens is 432 g/mol. The number of piperidine rings is 1. The summed E-state index contributed by atoms with van der Waals surface area (Å²) in [6, 6.07) is 17.4. The maximum Gasteiger partial charge on any atom is 0.224 e. The Hall–Kier alpha value is -2.49. The number of para-hydroxylation sites is 1. The van der Waals surface area contributed by atoms with Crippen LogP contribution in [0.15, 0.2) is 54.6 Å². The normalized spacial score (nSPS) is 17.0. The third-order valence-corrected chi connectivity index (χ3v) is 7.78. The van der Waals surface area contributed by atoms with Crippen LogP contribution in [0.2, 0.25) is 0 Å². The van der Waals surface area contributed by atoms with Crippen molar-refractivity contribution in [1.82, 2.24) is 15.0 Å². The molecule has 2 aromatic carbocycles. The quantitative estimate of drug-likeness (QED) is 0.542. The van der Waals surface area contributed by atoms with Crippen molar-refractivity contribution >= 4 is 42.6 Å². The maximum atomic E-state index is 12.6. The molecule has 1 amide bonds. The lowest BCUT2D eigenvalue weighted by atomic mass is 9.97. The molecule has 9 heteroatoms. The molecule has 1 aromatic heterocycles. The van der Waals surface area contributed by atoms with Gasteiger partial charge in [0.25, 0.3) is 0 Å². The molecule has 0 saturated carbocycles. The van der Waals surface area contributed by atoms with Crippen molar-refractivity contribution in [2.75, 3.05) is 30.3 Å². The van der Waals surface area contributed by atoms with E-state index in [1.165, 1.54) is 0 Å². The van der Waals surface area contributed by atoms with Crippen LogP contribution in [0.1, 0.15) is 18.4 Å². The third kappa shape index (κ3) is 5.81. The number of sulfonamides is 1. The lowest BCUT2D eigenvalue weighted by molar-refractivity contribution is -0.125. The highest BCUT2D eigenvalue weighted by atomic mass is 32.2. The van der Waals surface area contributed by atoms with E-state index in [1.807, 2.05) is 48.5 Å². The molecule has 1 fully saturated rings. The molecule has 1 unspecified atom stereocenters. The number of fused-ring (bicyclic) bond motifs is 1. The van der Waals surface area contributed by atoms with Crippen LogP contribution in [-0.2, 0) is 21.4 Å². The van der Waals surface area contributed by atoms with Gasteiger partial charge in [0.05, 0.1) is 21.9 Å². The molecule has 1 aliphatic heterocycles. The Labute approximate surface area is 186 Å². The lowest BCUT2D eigenvalue weighted by Gasteiger charge is -2.31. The van der Waals surface area contributed by atoms with Crippen LogP contribution in [0.4, 0.5) is 5.13 Å². The number of anilines is 1. The SMILES string of the molecule is O=C(NCCS(=O)(=O)NCc1ccccc1)C1CCCN(c2nc3ccccc3s2)C1. The summed E-state index contributed by atoms with van der Waals surface area (Å²) >= 11 is 1.64. The maximum absolute atomic E-state index is 12.6. The van der Waals surface area contributed by atoms with E-state index < -0.39 is 10.0 Å². The molecule has 4 rings (SSSR count). The van der Waals surface area contributed by atoms with Gasteiger partial charge >= 0.3 is 0 Å². The van der Waals surface area contributed by atoms with Gasteiger partial charge < -0.3 is 10.2 Å². The highest BCUT2D eigenvalue weighted by Gasteiger charge is 2.27. The van der Waals surface area contributed by atoms with Crippen molar-refractivity contribution in [3.05, 3.63) is 60.2 Å². The fourth-order valence-electron chi connectivity index (χ4n) is 3.67. The van der Waals surface area contributed by atoms with Gasteiger partial charge in [-0.05, 0) is 30.5 Å². The predicted octanol–water partition coefficient (Wildman–Crippen LogP) is 2.75. The van der Waals surface area contributed by atoms with Crippen molar-refractivity contribution in [2.45, 2.75) is 19.4 Å². The number of carbonyl (C=O) groups is 1. The Balaban J connectivity index is 1.26. The van der Waals surface area contributed by atoms with Gasteiger partial charge in [-0.25, -0.2) is 18.1 Å². The number of amides is 1. The summed E-state index contributed by atoms with van der Waals surface area (Å²) in [7, 11) is -3.46. The molecule has 1 aliphatic rings. The largest absolute Gasteiger partial charge is 0.355 e. The Morgan fingerprint density at radius 2 is 1.90 bits per heavy atom. The number of rotatable bonds is 8.